The van der Waals surface area contributed by atoms with Crippen LogP contribution in [0.3, 0.4) is 0 Å². The Bertz CT molecular complexity index is 305. The highest BCUT2D eigenvalue weighted by Gasteiger charge is 1.91. The standard InChI is InChI=1S/C12H16BrN/c1-10(14)5-2-3-6-11-7-4-8-12(13)9-11/h3-4,6-10H,2,5,14H2,1H3/b6-3+. The number of halogens is 1. The largest absolute Gasteiger partial charge is 0.328 e. The molecule has 76 valence electrons. The van der Waals surface area contributed by atoms with Crippen LogP contribution in [-0.4, -0.2) is 6.04 Å². The molecule has 1 atom stereocenters. The van der Waals surface area contributed by atoms with Gasteiger partial charge in [-0.3, -0.25) is 0 Å². The maximum atomic E-state index is 5.65. The molecule has 0 bridgehead atoms. The first kappa shape index (κ1) is 11.5. The molecule has 0 aliphatic rings. The Hall–Kier alpha value is -0.600. The number of hydrogen-bond acceptors (Lipinski definition) is 1. The minimum Gasteiger partial charge on any atom is -0.328 e. The van der Waals surface area contributed by atoms with Crippen molar-refractivity contribution in [3.8, 4) is 0 Å². The molecule has 0 heterocycles. The van der Waals surface area contributed by atoms with Crippen LogP contribution in [0.4, 0.5) is 0 Å². The van der Waals surface area contributed by atoms with E-state index in [1.165, 1.54) is 5.56 Å². The maximum absolute atomic E-state index is 5.65. The number of allylic oxidation sites excluding steroid dienone is 1. The summed E-state index contributed by atoms with van der Waals surface area (Å²) in [5, 5.41) is 0. The van der Waals surface area contributed by atoms with Crippen LogP contribution >= 0.6 is 15.9 Å². The first-order valence-electron chi connectivity index (χ1n) is 4.86. The van der Waals surface area contributed by atoms with E-state index in [1.807, 2.05) is 19.1 Å². The second-order valence-corrected chi connectivity index (χ2v) is 4.43. The highest BCUT2D eigenvalue weighted by atomic mass is 79.9. The molecule has 0 aliphatic heterocycles. The second kappa shape index (κ2) is 5.99. The smallest absolute Gasteiger partial charge is 0.0181 e. The van der Waals surface area contributed by atoms with Crippen LogP contribution in [0.2, 0.25) is 0 Å². The molecule has 0 radical (unpaired) electrons. The van der Waals surface area contributed by atoms with E-state index < -0.39 is 0 Å². The Labute approximate surface area is 94.1 Å². The van der Waals surface area contributed by atoms with E-state index in [0.717, 1.165) is 17.3 Å². The summed E-state index contributed by atoms with van der Waals surface area (Å²) in [5.41, 5.74) is 6.88. The van der Waals surface area contributed by atoms with Crippen LogP contribution in [0.15, 0.2) is 34.8 Å². The minimum absolute atomic E-state index is 0.294. The third-order valence-electron chi connectivity index (χ3n) is 1.95. The van der Waals surface area contributed by atoms with Gasteiger partial charge in [0.2, 0.25) is 0 Å². The van der Waals surface area contributed by atoms with Gasteiger partial charge in [-0.1, -0.05) is 40.2 Å². The summed E-state index contributed by atoms with van der Waals surface area (Å²) in [6, 6.07) is 8.55. The maximum Gasteiger partial charge on any atom is 0.0181 e. The lowest BCUT2D eigenvalue weighted by Crippen LogP contribution is -2.13. The monoisotopic (exact) mass is 253 g/mol. The zero-order chi connectivity index (χ0) is 10.4. The van der Waals surface area contributed by atoms with Crippen LogP contribution in [-0.2, 0) is 0 Å². The van der Waals surface area contributed by atoms with Gasteiger partial charge in [0.05, 0.1) is 0 Å². The van der Waals surface area contributed by atoms with Crippen LogP contribution in [0, 0.1) is 0 Å². The molecule has 1 rings (SSSR count). The van der Waals surface area contributed by atoms with Crippen molar-refractivity contribution in [1.29, 1.82) is 0 Å². The quantitative estimate of drug-likeness (QED) is 0.873. The van der Waals surface area contributed by atoms with Gasteiger partial charge in [-0.25, -0.2) is 0 Å². The van der Waals surface area contributed by atoms with E-state index in [1.54, 1.807) is 0 Å². The predicted octanol–water partition coefficient (Wildman–Crippen LogP) is 3.59. The molecule has 0 spiro atoms. The molecule has 1 nitrogen and oxygen atoms in total. The highest BCUT2D eigenvalue weighted by Crippen LogP contribution is 2.13. The van der Waals surface area contributed by atoms with E-state index in [0.29, 0.717) is 6.04 Å². The lowest BCUT2D eigenvalue weighted by molar-refractivity contribution is 0.677. The number of hydrogen-bond donors (Lipinski definition) is 1. The van der Waals surface area contributed by atoms with Crippen molar-refractivity contribution in [1.82, 2.24) is 0 Å². The Kier molecular flexibility index (Phi) is 4.91. The summed E-state index contributed by atoms with van der Waals surface area (Å²) in [5.74, 6) is 0. The van der Waals surface area contributed by atoms with E-state index in [4.69, 9.17) is 5.73 Å². The van der Waals surface area contributed by atoms with Crippen molar-refractivity contribution in [2.24, 2.45) is 5.73 Å². The van der Waals surface area contributed by atoms with Crippen molar-refractivity contribution in [2.45, 2.75) is 25.8 Å². The first-order valence-corrected chi connectivity index (χ1v) is 5.65. The molecule has 2 heteroatoms. The van der Waals surface area contributed by atoms with E-state index >= 15 is 0 Å². The van der Waals surface area contributed by atoms with E-state index in [9.17, 15) is 0 Å². The molecule has 14 heavy (non-hydrogen) atoms. The van der Waals surface area contributed by atoms with Gasteiger partial charge in [-0.15, -0.1) is 0 Å². The zero-order valence-electron chi connectivity index (χ0n) is 8.41. The molecule has 1 unspecified atom stereocenters. The fourth-order valence-corrected chi connectivity index (χ4v) is 1.61. The van der Waals surface area contributed by atoms with Gasteiger partial charge in [0.15, 0.2) is 0 Å². The summed E-state index contributed by atoms with van der Waals surface area (Å²) < 4.78 is 1.12. The predicted molar refractivity (Wildman–Crippen MR) is 66.1 cm³/mol. The van der Waals surface area contributed by atoms with Crippen LogP contribution in [0.1, 0.15) is 25.3 Å². The lowest BCUT2D eigenvalue weighted by atomic mass is 10.1. The van der Waals surface area contributed by atoms with Crippen molar-refractivity contribution in [2.75, 3.05) is 0 Å². The van der Waals surface area contributed by atoms with Gasteiger partial charge in [0, 0.05) is 10.5 Å². The topological polar surface area (TPSA) is 26.0 Å². The minimum atomic E-state index is 0.294. The SMILES string of the molecule is CC(N)CC/C=C/c1cccc(Br)c1. The number of rotatable bonds is 4. The van der Waals surface area contributed by atoms with Crippen molar-refractivity contribution < 1.29 is 0 Å². The molecular formula is C12H16BrN. The van der Waals surface area contributed by atoms with E-state index in [2.05, 4.69) is 40.2 Å². The molecular weight excluding hydrogens is 238 g/mol. The molecule has 0 aromatic heterocycles. The van der Waals surface area contributed by atoms with Gasteiger partial charge in [-0.05, 0) is 37.5 Å². The molecule has 2 N–H and O–H groups in total. The van der Waals surface area contributed by atoms with Crippen LogP contribution in [0.5, 0.6) is 0 Å². The lowest BCUT2D eigenvalue weighted by Gasteiger charge is -1.99. The van der Waals surface area contributed by atoms with Gasteiger partial charge in [-0.2, -0.15) is 0 Å². The third-order valence-corrected chi connectivity index (χ3v) is 2.44. The summed E-state index contributed by atoms with van der Waals surface area (Å²) in [6.07, 6.45) is 6.40. The highest BCUT2D eigenvalue weighted by molar-refractivity contribution is 9.10. The Morgan fingerprint density at radius 3 is 2.93 bits per heavy atom. The third kappa shape index (κ3) is 4.58. The van der Waals surface area contributed by atoms with Crippen molar-refractivity contribution >= 4 is 22.0 Å². The molecule has 1 aromatic rings. The Morgan fingerprint density at radius 2 is 2.29 bits per heavy atom. The second-order valence-electron chi connectivity index (χ2n) is 3.51. The Balaban J connectivity index is 2.44. The molecule has 0 aliphatic carbocycles. The van der Waals surface area contributed by atoms with Gasteiger partial charge in [0.25, 0.3) is 0 Å². The summed E-state index contributed by atoms with van der Waals surface area (Å²) in [4.78, 5) is 0. The van der Waals surface area contributed by atoms with E-state index in [-0.39, 0.29) is 0 Å². The number of nitrogens with two attached hydrogens (primary N) is 1. The summed E-state index contributed by atoms with van der Waals surface area (Å²) >= 11 is 3.44. The molecule has 0 amide bonds. The zero-order valence-corrected chi connectivity index (χ0v) is 10.00. The fourth-order valence-electron chi connectivity index (χ4n) is 1.19. The van der Waals surface area contributed by atoms with Crippen molar-refractivity contribution in [3.05, 3.63) is 40.4 Å². The van der Waals surface area contributed by atoms with Gasteiger partial charge < -0.3 is 5.73 Å². The van der Waals surface area contributed by atoms with Crippen LogP contribution < -0.4 is 5.73 Å². The first-order chi connectivity index (χ1) is 6.68. The average Bonchev–Trinajstić information content (AvgIpc) is 2.12. The molecule has 0 fully saturated rings. The fraction of sp³-hybridized carbons (Fsp3) is 0.333. The number of benzene rings is 1. The van der Waals surface area contributed by atoms with Crippen molar-refractivity contribution in [3.63, 3.8) is 0 Å². The molecule has 0 saturated heterocycles. The average molecular weight is 254 g/mol. The van der Waals surface area contributed by atoms with Gasteiger partial charge in [0.1, 0.15) is 0 Å². The molecule has 1 aromatic carbocycles. The van der Waals surface area contributed by atoms with Crippen LogP contribution in [0.25, 0.3) is 6.08 Å². The Morgan fingerprint density at radius 1 is 1.50 bits per heavy atom. The van der Waals surface area contributed by atoms with Gasteiger partial charge >= 0.3 is 0 Å². The summed E-state index contributed by atoms with van der Waals surface area (Å²) in [6.45, 7) is 2.03. The molecule has 0 saturated carbocycles. The summed E-state index contributed by atoms with van der Waals surface area (Å²) in [7, 11) is 0. The normalized spacial score (nSPS) is 13.4.